The van der Waals surface area contributed by atoms with Gasteiger partial charge in [0.25, 0.3) is 0 Å². The molecule has 0 spiro atoms. The molecule has 1 aromatic rings. The van der Waals surface area contributed by atoms with Crippen LogP contribution in [0.3, 0.4) is 0 Å². The number of imidazole rings is 1. The highest BCUT2D eigenvalue weighted by atomic mass is 16.5. The van der Waals surface area contributed by atoms with Crippen LogP contribution in [0.15, 0.2) is 0 Å². The van der Waals surface area contributed by atoms with Gasteiger partial charge >= 0.3 is 11.9 Å². The van der Waals surface area contributed by atoms with Gasteiger partial charge in [-0.15, -0.1) is 0 Å². The van der Waals surface area contributed by atoms with Crippen LogP contribution in [0.4, 0.5) is 0 Å². The Morgan fingerprint density at radius 2 is 1.74 bits per heavy atom. The van der Waals surface area contributed by atoms with E-state index < -0.39 is 11.9 Å². The van der Waals surface area contributed by atoms with Crippen LogP contribution in [0.25, 0.3) is 0 Å². The molecule has 6 nitrogen and oxygen atoms in total. The zero-order valence-corrected chi connectivity index (χ0v) is 11.6. The van der Waals surface area contributed by atoms with Crippen molar-refractivity contribution in [2.75, 3.05) is 13.2 Å². The number of rotatable bonds is 7. The summed E-state index contributed by atoms with van der Waals surface area (Å²) in [6.07, 6.45) is 2.62. The van der Waals surface area contributed by atoms with Gasteiger partial charge in [-0.25, -0.2) is 14.6 Å². The van der Waals surface area contributed by atoms with E-state index >= 15 is 0 Å². The van der Waals surface area contributed by atoms with E-state index in [2.05, 4.69) is 16.9 Å². The molecule has 0 aliphatic carbocycles. The van der Waals surface area contributed by atoms with E-state index in [1.165, 1.54) is 0 Å². The number of nitrogens with zero attached hydrogens (tertiary/aromatic N) is 1. The third-order valence-electron chi connectivity index (χ3n) is 2.47. The summed E-state index contributed by atoms with van der Waals surface area (Å²) in [4.78, 5) is 30.5. The normalized spacial score (nSPS) is 10.3. The van der Waals surface area contributed by atoms with Crippen molar-refractivity contribution >= 4 is 11.9 Å². The van der Waals surface area contributed by atoms with Gasteiger partial charge in [-0.2, -0.15) is 0 Å². The Hall–Kier alpha value is -1.85. The molecule has 0 bridgehead atoms. The number of carbonyl (C=O) groups is 2. The number of ether oxygens (including phenoxy) is 2. The van der Waals surface area contributed by atoms with Crippen LogP contribution in [0.2, 0.25) is 0 Å². The van der Waals surface area contributed by atoms with Crippen LogP contribution in [-0.4, -0.2) is 35.1 Å². The number of hydrogen-bond acceptors (Lipinski definition) is 5. The summed E-state index contributed by atoms with van der Waals surface area (Å²) in [5.74, 6) is -0.585. The van der Waals surface area contributed by atoms with Gasteiger partial charge in [0.1, 0.15) is 5.82 Å². The summed E-state index contributed by atoms with van der Waals surface area (Å²) in [6.45, 7) is 5.94. The first-order chi connectivity index (χ1) is 9.13. The molecule has 6 heteroatoms. The van der Waals surface area contributed by atoms with Crippen molar-refractivity contribution in [1.82, 2.24) is 9.97 Å². The van der Waals surface area contributed by atoms with E-state index in [1.807, 2.05) is 0 Å². The van der Waals surface area contributed by atoms with Gasteiger partial charge in [-0.1, -0.05) is 13.3 Å². The summed E-state index contributed by atoms with van der Waals surface area (Å²) >= 11 is 0. The zero-order chi connectivity index (χ0) is 14.3. The number of hydrogen-bond donors (Lipinski definition) is 1. The lowest BCUT2D eigenvalue weighted by Crippen LogP contribution is -2.13. The van der Waals surface area contributed by atoms with Crippen molar-refractivity contribution in [3.8, 4) is 0 Å². The quantitative estimate of drug-likeness (QED) is 0.766. The molecule has 0 aromatic carbocycles. The minimum atomic E-state index is -0.607. The maximum Gasteiger partial charge on any atom is 0.359 e. The molecular weight excluding hydrogens is 248 g/mol. The number of carbonyl (C=O) groups excluding carboxylic acids is 2. The number of H-pyrrole nitrogens is 1. The molecule has 1 heterocycles. The van der Waals surface area contributed by atoms with Gasteiger partial charge in [-0.3, -0.25) is 0 Å². The van der Waals surface area contributed by atoms with Crippen LogP contribution >= 0.6 is 0 Å². The van der Waals surface area contributed by atoms with E-state index in [0.29, 0.717) is 12.2 Å². The first-order valence-corrected chi connectivity index (χ1v) is 6.57. The van der Waals surface area contributed by atoms with Crippen molar-refractivity contribution in [2.24, 2.45) is 0 Å². The number of esters is 2. The SMILES string of the molecule is CCCCc1nc(C(=O)OCC)c(C(=O)OCC)[nH]1. The van der Waals surface area contributed by atoms with Gasteiger partial charge in [0.15, 0.2) is 11.4 Å². The highest BCUT2D eigenvalue weighted by molar-refractivity contribution is 6.00. The highest BCUT2D eigenvalue weighted by Crippen LogP contribution is 2.12. The molecule has 0 fully saturated rings. The van der Waals surface area contributed by atoms with Crippen molar-refractivity contribution in [2.45, 2.75) is 40.0 Å². The summed E-state index contributed by atoms with van der Waals surface area (Å²) in [7, 11) is 0. The highest BCUT2D eigenvalue weighted by Gasteiger charge is 2.24. The standard InChI is InChI=1S/C13H20N2O4/c1-4-7-8-9-14-10(12(16)18-5-2)11(15-9)13(17)19-6-3/h4-8H2,1-3H3,(H,14,15). The molecule has 1 aromatic heterocycles. The Labute approximate surface area is 112 Å². The molecule has 0 amide bonds. The molecule has 0 unspecified atom stereocenters. The van der Waals surface area contributed by atoms with Crippen molar-refractivity contribution in [1.29, 1.82) is 0 Å². The Kier molecular flexibility index (Phi) is 6.05. The molecule has 1 N–H and O–H groups in total. The number of aromatic amines is 1. The molecule has 0 aliphatic rings. The Morgan fingerprint density at radius 3 is 2.32 bits per heavy atom. The minimum Gasteiger partial charge on any atom is -0.461 e. The molecule has 0 saturated heterocycles. The van der Waals surface area contributed by atoms with Crippen LogP contribution in [-0.2, 0) is 15.9 Å². The van der Waals surface area contributed by atoms with Crippen molar-refractivity contribution in [3.63, 3.8) is 0 Å². The van der Waals surface area contributed by atoms with Gasteiger partial charge in [0.2, 0.25) is 0 Å². The molecule has 1 rings (SSSR count). The fourth-order valence-electron chi connectivity index (χ4n) is 1.58. The summed E-state index contributed by atoms with van der Waals surface area (Å²) in [5, 5.41) is 0. The molecule has 0 saturated carbocycles. The second-order valence-corrected chi connectivity index (χ2v) is 3.95. The van der Waals surface area contributed by atoms with Gasteiger partial charge in [0, 0.05) is 6.42 Å². The number of unbranched alkanes of at least 4 members (excludes halogenated alkanes) is 1. The van der Waals surface area contributed by atoms with Gasteiger partial charge < -0.3 is 14.5 Å². The molecule has 0 radical (unpaired) electrons. The fraction of sp³-hybridized carbons (Fsp3) is 0.615. The predicted molar refractivity (Wildman–Crippen MR) is 69.1 cm³/mol. The first-order valence-electron chi connectivity index (χ1n) is 6.57. The summed E-state index contributed by atoms with van der Waals surface area (Å²) in [5.41, 5.74) is 0.0813. The molecule has 0 atom stereocenters. The minimum absolute atomic E-state index is 0.00593. The van der Waals surface area contributed by atoms with Crippen LogP contribution < -0.4 is 0 Å². The van der Waals surface area contributed by atoms with Crippen LogP contribution in [0.1, 0.15) is 60.4 Å². The number of nitrogens with one attached hydrogen (secondary N) is 1. The van der Waals surface area contributed by atoms with E-state index in [9.17, 15) is 9.59 Å². The van der Waals surface area contributed by atoms with E-state index in [-0.39, 0.29) is 24.6 Å². The van der Waals surface area contributed by atoms with E-state index in [4.69, 9.17) is 9.47 Å². The summed E-state index contributed by atoms with van der Waals surface area (Å²) in [6, 6.07) is 0. The Morgan fingerprint density at radius 1 is 1.11 bits per heavy atom. The molecule has 0 aliphatic heterocycles. The van der Waals surface area contributed by atoms with E-state index in [0.717, 1.165) is 12.8 Å². The first kappa shape index (κ1) is 15.2. The average molecular weight is 268 g/mol. The number of aryl methyl sites for hydroxylation is 1. The molecular formula is C13H20N2O4. The zero-order valence-electron chi connectivity index (χ0n) is 11.6. The van der Waals surface area contributed by atoms with Gasteiger partial charge in [-0.05, 0) is 20.3 Å². The maximum atomic E-state index is 11.8. The second-order valence-electron chi connectivity index (χ2n) is 3.95. The lowest BCUT2D eigenvalue weighted by molar-refractivity contribution is 0.0471. The Bertz CT molecular complexity index is 404. The lowest BCUT2D eigenvalue weighted by atomic mass is 10.2. The molecule has 106 valence electrons. The third-order valence-corrected chi connectivity index (χ3v) is 2.47. The van der Waals surface area contributed by atoms with Crippen molar-refractivity contribution in [3.05, 3.63) is 17.2 Å². The van der Waals surface area contributed by atoms with Crippen LogP contribution in [0, 0.1) is 0 Å². The largest absolute Gasteiger partial charge is 0.461 e. The Balaban J connectivity index is 2.99. The lowest BCUT2D eigenvalue weighted by Gasteiger charge is -2.01. The smallest absolute Gasteiger partial charge is 0.359 e. The fourth-order valence-corrected chi connectivity index (χ4v) is 1.58. The summed E-state index contributed by atoms with van der Waals surface area (Å²) < 4.78 is 9.78. The monoisotopic (exact) mass is 268 g/mol. The third kappa shape index (κ3) is 4.08. The second kappa shape index (κ2) is 7.56. The molecule has 19 heavy (non-hydrogen) atoms. The average Bonchev–Trinajstić information content (AvgIpc) is 2.81. The van der Waals surface area contributed by atoms with Crippen LogP contribution in [0.5, 0.6) is 0 Å². The predicted octanol–water partition coefficient (Wildman–Crippen LogP) is 2.11. The number of aromatic nitrogens is 2. The maximum absolute atomic E-state index is 11.8. The van der Waals surface area contributed by atoms with Crippen molar-refractivity contribution < 1.29 is 19.1 Å². The van der Waals surface area contributed by atoms with E-state index in [1.54, 1.807) is 13.8 Å². The van der Waals surface area contributed by atoms with Gasteiger partial charge in [0.05, 0.1) is 13.2 Å². The topological polar surface area (TPSA) is 81.3 Å².